The highest BCUT2D eigenvalue weighted by Gasteiger charge is 2.24. The van der Waals surface area contributed by atoms with Crippen LogP contribution >= 0.6 is 11.8 Å². The first-order valence-corrected chi connectivity index (χ1v) is 6.78. The summed E-state index contributed by atoms with van der Waals surface area (Å²) in [4.78, 5) is 20.0. The molecule has 2 N–H and O–H groups in total. The number of carbonyl (C=O) groups excluding carboxylic acids is 1. The molecule has 0 unspecified atom stereocenters. The molecule has 2 aromatic heterocycles. The highest BCUT2D eigenvalue weighted by atomic mass is 32.2. The summed E-state index contributed by atoms with van der Waals surface area (Å²) in [6.45, 7) is 2.01. The zero-order valence-corrected chi connectivity index (χ0v) is 11.3. The summed E-state index contributed by atoms with van der Waals surface area (Å²) in [6.07, 6.45) is 4.96. The Kier molecular flexibility index (Phi) is 4.00. The lowest BCUT2D eigenvalue weighted by Crippen LogP contribution is -2.10. The Morgan fingerprint density at radius 1 is 1.47 bits per heavy atom. The van der Waals surface area contributed by atoms with Crippen molar-refractivity contribution in [3.63, 3.8) is 0 Å². The average Bonchev–Trinajstić information content (AvgIpc) is 2.77. The molecular weight excluding hydrogens is 266 g/mol. The highest BCUT2D eigenvalue weighted by Crippen LogP contribution is 2.26. The van der Waals surface area contributed by atoms with Crippen LogP contribution in [0.3, 0.4) is 0 Å². The van der Waals surface area contributed by atoms with E-state index in [0.29, 0.717) is 11.0 Å². The molecule has 7 nitrogen and oxygen atoms in total. The zero-order chi connectivity index (χ0) is 13.8. The van der Waals surface area contributed by atoms with Crippen molar-refractivity contribution in [1.82, 2.24) is 19.7 Å². The number of nitrogen functional groups attached to an aromatic ring is 1. The van der Waals surface area contributed by atoms with Gasteiger partial charge in [0.25, 0.3) is 5.95 Å². The SMILES string of the molecule is CCOC(=O)c1c(SC)nn(-c2ncccn2)c1N. The lowest BCUT2D eigenvalue weighted by Gasteiger charge is -2.03. The number of nitrogens with two attached hydrogens (primary N) is 1. The second kappa shape index (κ2) is 5.70. The highest BCUT2D eigenvalue weighted by molar-refractivity contribution is 7.98. The molecule has 2 aromatic rings. The Morgan fingerprint density at radius 2 is 2.16 bits per heavy atom. The topological polar surface area (TPSA) is 95.9 Å². The molecule has 2 heterocycles. The molecule has 0 aliphatic heterocycles. The molecule has 0 saturated heterocycles. The fourth-order valence-electron chi connectivity index (χ4n) is 1.50. The molecular formula is C11H13N5O2S. The molecule has 0 aliphatic rings. The number of hydrogen-bond acceptors (Lipinski definition) is 7. The summed E-state index contributed by atoms with van der Waals surface area (Å²) in [5.74, 6) is -0.00798. The standard InChI is InChI=1S/C11H13N5O2S/c1-3-18-10(17)7-8(12)16(15-9(7)19-2)11-13-5-4-6-14-11/h4-6H,3,12H2,1-2H3. The quantitative estimate of drug-likeness (QED) is 0.662. The Hall–Kier alpha value is -2.09. The zero-order valence-electron chi connectivity index (χ0n) is 10.5. The van der Waals surface area contributed by atoms with Crippen molar-refractivity contribution in [3.8, 4) is 5.95 Å². The number of rotatable bonds is 4. The van der Waals surface area contributed by atoms with Crippen LogP contribution in [-0.4, -0.2) is 38.6 Å². The van der Waals surface area contributed by atoms with Crippen LogP contribution in [0.15, 0.2) is 23.5 Å². The summed E-state index contributed by atoms with van der Waals surface area (Å²) < 4.78 is 6.31. The summed E-state index contributed by atoms with van der Waals surface area (Å²) in [5, 5.41) is 4.72. The third-order valence-electron chi connectivity index (χ3n) is 2.30. The van der Waals surface area contributed by atoms with E-state index in [1.54, 1.807) is 31.6 Å². The Labute approximate surface area is 114 Å². The van der Waals surface area contributed by atoms with Gasteiger partial charge in [0.1, 0.15) is 16.4 Å². The van der Waals surface area contributed by atoms with Gasteiger partial charge in [-0.1, -0.05) is 0 Å². The van der Waals surface area contributed by atoms with Gasteiger partial charge in [0.05, 0.1) is 6.61 Å². The van der Waals surface area contributed by atoms with Crippen molar-refractivity contribution < 1.29 is 9.53 Å². The van der Waals surface area contributed by atoms with Crippen molar-refractivity contribution in [2.75, 3.05) is 18.6 Å². The average molecular weight is 279 g/mol. The maximum Gasteiger partial charge on any atom is 0.344 e. The molecule has 0 bridgehead atoms. The molecule has 0 aromatic carbocycles. The molecule has 0 fully saturated rings. The Morgan fingerprint density at radius 3 is 2.74 bits per heavy atom. The number of hydrogen-bond donors (Lipinski definition) is 1. The summed E-state index contributed by atoms with van der Waals surface area (Å²) >= 11 is 1.31. The molecule has 0 atom stereocenters. The van der Waals surface area contributed by atoms with Gasteiger partial charge in [-0.25, -0.2) is 14.8 Å². The minimum atomic E-state index is -0.494. The second-order valence-corrected chi connectivity index (χ2v) is 4.25. The summed E-state index contributed by atoms with van der Waals surface area (Å²) in [6, 6.07) is 1.69. The van der Waals surface area contributed by atoms with Crippen molar-refractivity contribution in [2.45, 2.75) is 11.9 Å². The van der Waals surface area contributed by atoms with E-state index >= 15 is 0 Å². The van der Waals surface area contributed by atoms with Gasteiger partial charge >= 0.3 is 5.97 Å². The number of nitrogens with zero attached hydrogens (tertiary/aromatic N) is 4. The first-order chi connectivity index (χ1) is 9.19. The smallest absolute Gasteiger partial charge is 0.344 e. The minimum Gasteiger partial charge on any atom is -0.462 e. The van der Waals surface area contributed by atoms with Crippen LogP contribution in [0.1, 0.15) is 17.3 Å². The molecule has 0 amide bonds. The van der Waals surface area contributed by atoms with E-state index in [4.69, 9.17) is 10.5 Å². The normalized spacial score (nSPS) is 10.4. The van der Waals surface area contributed by atoms with Gasteiger partial charge in [-0.2, -0.15) is 9.78 Å². The van der Waals surface area contributed by atoms with Gasteiger partial charge < -0.3 is 10.5 Å². The van der Waals surface area contributed by atoms with Crippen LogP contribution < -0.4 is 5.73 Å². The first kappa shape index (κ1) is 13.3. The van der Waals surface area contributed by atoms with Crippen molar-refractivity contribution in [3.05, 3.63) is 24.0 Å². The van der Waals surface area contributed by atoms with Gasteiger partial charge in [-0.15, -0.1) is 11.8 Å². The van der Waals surface area contributed by atoms with Crippen LogP contribution in [0.4, 0.5) is 5.82 Å². The van der Waals surface area contributed by atoms with Crippen molar-refractivity contribution >= 4 is 23.5 Å². The van der Waals surface area contributed by atoms with Gasteiger partial charge in [0.15, 0.2) is 0 Å². The monoisotopic (exact) mass is 279 g/mol. The number of anilines is 1. The number of esters is 1. The molecule has 0 spiro atoms. The lowest BCUT2D eigenvalue weighted by atomic mass is 10.3. The number of thioether (sulfide) groups is 1. The third kappa shape index (κ3) is 2.53. The summed E-state index contributed by atoms with van der Waals surface area (Å²) in [7, 11) is 0. The van der Waals surface area contributed by atoms with E-state index in [0.717, 1.165) is 0 Å². The molecule has 2 rings (SSSR count). The molecule has 0 saturated carbocycles. The van der Waals surface area contributed by atoms with Crippen LogP contribution in [0.2, 0.25) is 0 Å². The van der Waals surface area contributed by atoms with Crippen molar-refractivity contribution in [1.29, 1.82) is 0 Å². The molecule has 100 valence electrons. The van der Waals surface area contributed by atoms with E-state index in [1.807, 2.05) is 0 Å². The predicted octanol–water partition coefficient (Wildman–Crippen LogP) is 1.14. The second-order valence-electron chi connectivity index (χ2n) is 3.45. The maximum absolute atomic E-state index is 11.9. The van der Waals surface area contributed by atoms with Gasteiger partial charge in [-0.05, 0) is 19.2 Å². The van der Waals surface area contributed by atoms with Gasteiger partial charge in [0.2, 0.25) is 0 Å². The lowest BCUT2D eigenvalue weighted by molar-refractivity contribution is 0.0523. The minimum absolute atomic E-state index is 0.175. The maximum atomic E-state index is 11.9. The van der Waals surface area contributed by atoms with E-state index in [2.05, 4.69) is 15.1 Å². The first-order valence-electron chi connectivity index (χ1n) is 5.56. The molecule has 19 heavy (non-hydrogen) atoms. The van der Waals surface area contributed by atoms with E-state index in [9.17, 15) is 4.79 Å². The predicted molar refractivity (Wildman–Crippen MR) is 71.3 cm³/mol. The van der Waals surface area contributed by atoms with E-state index < -0.39 is 5.97 Å². The summed E-state index contributed by atoms with van der Waals surface area (Å²) in [5.41, 5.74) is 6.20. The Balaban J connectivity index is 2.51. The van der Waals surface area contributed by atoms with E-state index in [1.165, 1.54) is 16.4 Å². The fourth-order valence-corrected chi connectivity index (χ4v) is 2.06. The van der Waals surface area contributed by atoms with E-state index in [-0.39, 0.29) is 18.0 Å². The fraction of sp³-hybridized carbons (Fsp3) is 0.273. The van der Waals surface area contributed by atoms with Gasteiger partial charge in [-0.3, -0.25) is 0 Å². The third-order valence-corrected chi connectivity index (χ3v) is 2.98. The largest absolute Gasteiger partial charge is 0.462 e. The molecule has 0 aliphatic carbocycles. The van der Waals surface area contributed by atoms with Crippen LogP contribution in [0.5, 0.6) is 0 Å². The number of ether oxygens (including phenoxy) is 1. The van der Waals surface area contributed by atoms with Crippen LogP contribution in [0.25, 0.3) is 5.95 Å². The van der Waals surface area contributed by atoms with Crippen molar-refractivity contribution in [2.24, 2.45) is 0 Å². The van der Waals surface area contributed by atoms with Crippen LogP contribution in [-0.2, 0) is 4.74 Å². The Bertz CT molecular complexity index is 584. The van der Waals surface area contributed by atoms with Gasteiger partial charge in [0, 0.05) is 12.4 Å². The molecule has 0 radical (unpaired) electrons. The molecule has 8 heteroatoms. The number of aromatic nitrogens is 4. The van der Waals surface area contributed by atoms with Crippen LogP contribution in [0, 0.1) is 0 Å². The number of carbonyl (C=O) groups is 1.